The lowest BCUT2D eigenvalue weighted by Crippen LogP contribution is -2.31. The molecule has 1 aliphatic heterocycles. The van der Waals surface area contributed by atoms with Gasteiger partial charge in [0.25, 0.3) is 0 Å². The molecule has 3 nitrogen and oxygen atoms in total. The Bertz CT molecular complexity index is 579. The molecule has 4 heteroatoms. The van der Waals surface area contributed by atoms with E-state index in [0.717, 1.165) is 11.2 Å². The summed E-state index contributed by atoms with van der Waals surface area (Å²) in [6.07, 6.45) is 1.26. The molecule has 1 saturated heterocycles. The fourth-order valence-corrected chi connectivity index (χ4v) is 3.90. The highest BCUT2D eigenvalue weighted by Crippen LogP contribution is 2.31. The van der Waals surface area contributed by atoms with Crippen LogP contribution in [0.3, 0.4) is 0 Å². The van der Waals surface area contributed by atoms with Gasteiger partial charge >= 0.3 is 0 Å². The van der Waals surface area contributed by atoms with Crippen LogP contribution in [-0.4, -0.2) is 29.6 Å². The smallest absolute Gasteiger partial charge is 0.0726 e. The fourth-order valence-electron chi connectivity index (χ4n) is 2.63. The molecule has 1 aromatic heterocycles. The molecule has 1 unspecified atom stereocenters. The van der Waals surface area contributed by atoms with Gasteiger partial charge < -0.3 is 10.6 Å². The fraction of sp³-hybridized carbons (Fsp3) is 0.400. The van der Waals surface area contributed by atoms with Gasteiger partial charge in [0.15, 0.2) is 0 Å². The third-order valence-corrected chi connectivity index (χ3v) is 4.93. The van der Waals surface area contributed by atoms with Crippen molar-refractivity contribution in [3.05, 3.63) is 36.0 Å². The van der Waals surface area contributed by atoms with Gasteiger partial charge in [-0.2, -0.15) is 11.8 Å². The standard InChI is InChI=1S/C15H19N3S/c1-18(12-6-7-19-10-12)15-8-11(9-16)17-14-5-3-2-4-13(14)15/h2-5,8,12H,6-7,9-10,16H2,1H3. The number of nitrogens with zero attached hydrogens (tertiary/aromatic N) is 2. The van der Waals surface area contributed by atoms with Gasteiger partial charge in [-0.25, -0.2) is 0 Å². The lowest BCUT2D eigenvalue weighted by Gasteiger charge is -2.27. The summed E-state index contributed by atoms with van der Waals surface area (Å²) < 4.78 is 0. The van der Waals surface area contributed by atoms with Crippen LogP contribution in [0.1, 0.15) is 12.1 Å². The van der Waals surface area contributed by atoms with Crippen molar-refractivity contribution >= 4 is 28.4 Å². The molecule has 2 N–H and O–H groups in total. The van der Waals surface area contributed by atoms with Crippen molar-refractivity contribution in [1.29, 1.82) is 0 Å². The summed E-state index contributed by atoms with van der Waals surface area (Å²) >= 11 is 2.04. The van der Waals surface area contributed by atoms with E-state index in [4.69, 9.17) is 5.73 Å². The predicted octanol–water partition coefficient (Wildman–Crippen LogP) is 2.64. The van der Waals surface area contributed by atoms with Gasteiger partial charge in [-0.3, -0.25) is 4.98 Å². The van der Waals surface area contributed by atoms with Crippen LogP contribution in [0.15, 0.2) is 30.3 Å². The topological polar surface area (TPSA) is 42.1 Å². The molecular formula is C15H19N3S. The van der Waals surface area contributed by atoms with Gasteiger partial charge in [0.1, 0.15) is 0 Å². The van der Waals surface area contributed by atoms with Crippen LogP contribution in [0, 0.1) is 0 Å². The highest BCUT2D eigenvalue weighted by Gasteiger charge is 2.22. The van der Waals surface area contributed by atoms with Crippen LogP contribution in [-0.2, 0) is 6.54 Å². The number of nitrogens with two attached hydrogens (primary N) is 1. The monoisotopic (exact) mass is 273 g/mol. The SMILES string of the molecule is CN(c1cc(CN)nc2ccccc12)C1CCSC1. The second-order valence-corrected chi connectivity index (χ2v) is 6.13. The van der Waals surface area contributed by atoms with Crippen molar-refractivity contribution in [3.63, 3.8) is 0 Å². The number of anilines is 1. The largest absolute Gasteiger partial charge is 0.370 e. The highest BCUT2D eigenvalue weighted by atomic mass is 32.2. The average molecular weight is 273 g/mol. The van der Waals surface area contributed by atoms with E-state index in [2.05, 4.69) is 41.2 Å². The zero-order chi connectivity index (χ0) is 13.2. The molecule has 100 valence electrons. The number of benzene rings is 1. The molecule has 1 atom stereocenters. The van der Waals surface area contributed by atoms with Crippen LogP contribution >= 0.6 is 11.8 Å². The molecule has 3 rings (SSSR count). The Morgan fingerprint density at radius 2 is 2.26 bits per heavy atom. The molecule has 1 aromatic carbocycles. The number of rotatable bonds is 3. The van der Waals surface area contributed by atoms with Crippen molar-refractivity contribution in [1.82, 2.24) is 4.98 Å². The third-order valence-electron chi connectivity index (χ3n) is 3.79. The van der Waals surface area contributed by atoms with Crippen molar-refractivity contribution in [2.45, 2.75) is 19.0 Å². The first-order valence-electron chi connectivity index (χ1n) is 6.69. The van der Waals surface area contributed by atoms with E-state index in [0.29, 0.717) is 12.6 Å². The number of aromatic nitrogens is 1. The Morgan fingerprint density at radius 1 is 1.42 bits per heavy atom. The van der Waals surface area contributed by atoms with E-state index < -0.39 is 0 Å². The van der Waals surface area contributed by atoms with Crippen LogP contribution < -0.4 is 10.6 Å². The summed E-state index contributed by atoms with van der Waals surface area (Å²) in [6, 6.07) is 11.1. The number of pyridine rings is 1. The maximum Gasteiger partial charge on any atom is 0.0726 e. The first-order chi connectivity index (χ1) is 9.29. The van der Waals surface area contributed by atoms with Crippen molar-refractivity contribution in [3.8, 4) is 0 Å². The second kappa shape index (κ2) is 5.39. The summed E-state index contributed by atoms with van der Waals surface area (Å²) in [6.45, 7) is 0.491. The van der Waals surface area contributed by atoms with Gasteiger partial charge in [-0.1, -0.05) is 18.2 Å². The molecule has 19 heavy (non-hydrogen) atoms. The minimum Gasteiger partial charge on any atom is -0.370 e. The number of hydrogen-bond acceptors (Lipinski definition) is 4. The Morgan fingerprint density at radius 3 is 3.00 bits per heavy atom. The maximum atomic E-state index is 5.78. The summed E-state index contributed by atoms with van der Waals surface area (Å²) in [4.78, 5) is 7.01. The lowest BCUT2D eigenvalue weighted by atomic mass is 10.1. The molecule has 1 fully saturated rings. The molecular weight excluding hydrogens is 254 g/mol. The Labute approximate surface area is 118 Å². The minimum absolute atomic E-state index is 0.491. The van der Waals surface area contributed by atoms with Crippen molar-refractivity contribution < 1.29 is 0 Å². The molecule has 2 heterocycles. The molecule has 0 radical (unpaired) electrons. The van der Waals surface area contributed by atoms with Gasteiger partial charge in [-0.15, -0.1) is 0 Å². The second-order valence-electron chi connectivity index (χ2n) is 4.98. The third kappa shape index (κ3) is 2.42. The van der Waals surface area contributed by atoms with E-state index in [9.17, 15) is 0 Å². The number of hydrogen-bond donors (Lipinski definition) is 1. The zero-order valence-electron chi connectivity index (χ0n) is 11.2. The summed E-state index contributed by atoms with van der Waals surface area (Å²) in [7, 11) is 2.19. The molecule has 0 bridgehead atoms. The van der Waals surface area contributed by atoms with E-state index in [1.165, 1.54) is 29.0 Å². The average Bonchev–Trinajstić information content (AvgIpc) is 2.99. The summed E-state index contributed by atoms with van der Waals surface area (Å²) in [5.74, 6) is 2.48. The van der Waals surface area contributed by atoms with Gasteiger partial charge in [0.05, 0.1) is 11.2 Å². The molecule has 2 aromatic rings. The summed E-state index contributed by atoms with van der Waals surface area (Å²) in [5.41, 5.74) is 9.04. The van der Waals surface area contributed by atoms with Crippen molar-refractivity contribution in [2.75, 3.05) is 23.5 Å². The number of thioether (sulfide) groups is 1. The van der Waals surface area contributed by atoms with Crippen LogP contribution in [0.2, 0.25) is 0 Å². The molecule has 0 saturated carbocycles. The van der Waals surface area contributed by atoms with Crippen molar-refractivity contribution in [2.24, 2.45) is 5.73 Å². The highest BCUT2D eigenvalue weighted by molar-refractivity contribution is 7.99. The molecule has 0 aliphatic carbocycles. The molecule has 1 aliphatic rings. The van der Waals surface area contributed by atoms with Gasteiger partial charge in [-0.05, 0) is 24.3 Å². The van der Waals surface area contributed by atoms with E-state index in [1.807, 2.05) is 17.8 Å². The normalized spacial score (nSPS) is 18.9. The first-order valence-corrected chi connectivity index (χ1v) is 7.84. The predicted molar refractivity (Wildman–Crippen MR) is 83.8 cm³/mol. The Hall–Kier alpha value is -1.26. The van der Waals surface area contributed by atoms with Crippen LogP contribution in [0.25, 0.3) is 10.9 Å². The van der Waals surface area contributed by atoms with Gasteiger partial charge in [0.2, 0.25) is 0 Å². The van der Waals surface area contributed by atoms with E-state index >= 15 is 0 Å². The lowest BCUT2D eigenvalue weighted by molar-refractivity contribution is 0.701. The maximum absolute atomic E-state index is 5.78. The summed E-state index contributed by atoms with van der Waals surface area (Å²) in [5, 5.41) is 1.22. The van der Waals surface area contributed by atoms with Crippen LogP contribution in [0.4, 0.5) is 5.69 Å². The molecule has 0 spiro atoms. The zero-order valence-corrected chi connectivity index (χ0v) is 12.0. The number of fused-ring (bicyclic) bond motifs is 1. The first kappa shape index (κ1) is 12.8. The number of para-hydroxylation sites is 1. The van der Waals surface area contributed by atoms with E-state index in [1.54, 1.807) is 0 Å². The molecule has 0 amide bonds. The Balaban J connectivity index is 2.09. The Kier molecular flexibility index (Phi) is 3.62. The minimum atomic E-state index is 0.491. The quantitative estimate of drug-likeness (QED) is 0.933. The van der Waals surface area contributed by atoms with E-state index in [-0.39, 0.29) is 0 Å². The van der Waals surface area contributed by atoms with Gasteiger partial charge in [0, 0.05) is 36.5 Å². The van der Waals surface area contributed by atoms with Crippen LogP contribution in [0.5, 0.6) is 0 Å².